The first kappa shape index (κ1) is 18.1. The average Bonchev–Trinajstić information content (AvgIpc) is 3.14. The summed E-state index contributed by atoms with van der Waals surface area (Å²) in [6.07, 6.45) is 4.33. The van der Waals surface area contributed by atoms with Gasteiger partial charge in [0.1, 0.15) is 0 Å². The zero-order valence-corrected chi connectivity index (χ0v) is 15.5. The lowest BCUT2D eigenvalue weighted by Crippen LogP contribution is -2.42. The van der Waals surface area contributed by atoms with Crippen LogP contribution in [0.15, 0.2) is 18.2 Å². The van der Waals surface area contributed by atoms with Gasteiger partial charge >= 0.3 is 0 Å². The van der Waals surface area contributed by atoms with Gasteiger partial charge in [0, 0.05) is 36.9 Å². The Kier molecular flexibility index (Phi) is 5.84. The summed E-state index contributed by atoms with van der Waals surface area (Å²) in [5.41, 5.74) is 1.23. The molecule has 2 saturated heterocycles. The molecule has 6 heteroatoms. The van der Waals surface area contributed by atoms with Gasteiger partial charge in [0.15, 0.2) is 0 Å². The largest absolute Gasteiger partial charge is 0.376 e. The second kappa shape index (κ2) is 8.09. The highest BCUT2D eigenvalue weighted by molar-refractivity contribution is 6.31. The molecule has 1 aromatic rings. The number of nitrogens with zero attached hydrogens (tertiary/aromatic N) is 2. The van der Waals surface area contributed by atoms with Crippen LogP contribution in [0.3, 0.4) is 0 Å². The summed E-state index contributed by atoms with van der Waals surface area (Å²) in [5.74, 6) is 0.628. The molecule has 0 unspecified atom stereocenters. The van der Waals surface area contributed by atoms with Crippen molar-refractivity contribution < 1.29 is 9.59 Å². The van der Waals surface area contributed by atoms with Crippen molar-refractivity contribution in [3.05, 3.63) is 28.8 Å². The van der Waals surface area contributed by atoms with Gasteiger partial charge in [0.2, 0.25) is 5.91 Å². The molecule has 3 rings (SSSR count). The van der Waals surface area contributed by atoms with E-state index in [0.29, 0.717) is 22.2 Å². The number of likely N-dealkylation sites (tertiary alicyclic amines) is 2. The van der Waals surface area contributed by atoms with E-state index in [4.69, 9.17) is 11.6 Å². The Labute approximate surface area is 154 Å². The summed E-state index contributed by atoms with van der Waals surface area (Å²) < 4.78 is 0. The smallest absolute Gasteiger partial charge is 0.256 e. The number of nitrogens with one attached hydrogen (secondary N) is 1. The third-order valence-corrected chi connectivity index (χ3v) is 5.28. The Hall–Kier alpha value is -1.75. The topological polar surface area (TPSA) is 52.7 Å². The number of hydrogen-bond acceptors (Lipinski definition) is 3. The fraction of sp³-hybridized carbons (Fsp3) is 0.579. The Morgan fingerprint density at radius 3 is 2.60 bits per heavy atom. The van der Waals surface area contributed by atoms with Crippen LogP contribution in [0.2, 0.25) is 5.02 Å². The maximum atomic E-state index is 12.7. The fourth-order valence-electron chi connectivity index (χ4n) is 3.64. The van der Waals surface area contributed by atoms with E-state index < -0.39 is 0 Å². The minimum Gasteiger partial charge on any atom is -0.376 e. The van der Waals surface area contributed by atoms with Crippen LogP contribution in [0, 0.1) is 5.92 Å². The molecule has 0 bridgehead atoms. The SMILES string of the molecule is C[C@@H]1CCCN(C(=O)CNc2ccc(Cl)cc2C(=O)N2CCCC2)C1. The van der Waals surface area contributed by atoms with Gasteiger partial charge in [0.05, 0.1) is 12.1 Å². The Morgan fingerprint density at radius 2 is 1.88 bits per heavy atom. The Balaban J connectivity index is 1.67. The number of carbonyl (C=O) groups excluding carboxylic acids is 2. The second-order valence-corrected chi connectivity index (χ2v) is 7.57. The van der Waals surface area contributed by atoms with E-state index in [1.807, 2.05) is 9.80 Å². The van der Waals surface area contributed by atoms with Gasteiger partial charge in [0.25, 0.3) is 5.91 Å². The van der Waals surface area contributed by atoms with E-state index in [9.17, 15) is 9.59 Å². The van der Waals surface area contributed by atoms with Crippen LogP contribution in [-0.4, -0.2) is 54.3 Å². The molecule has 1 atom stereocenters. The lowest BCUT2D eigenvalue weighted by atomic mass is 10.0. The molecule has 2 aliphatic heterocycles. The monoisotopic (exact) mass is 363 g/mol. The zero-order valence-electron chi connectivity index (χ0n) is 14.8. The number of amides is 2. The number of rotatable bonds is 4. The molecular weight excluding hydrogens is 338 g/mol. The maximum absolute atomic E-state index is 12.7. The van der Waals surface area contributed by atoms with Gasteiger partial charge in [-0.15, -0.1) is 0 Å². The molecule has 5 nitrogen and oxygen atoms in total. The third-order valence-electron chi connectivity index (χ3n) is 5.05. The standard InChI is InChI=1S/C19H26ClN3O2/c1-14-5-4-10-23(13-14)18(24)12-21-17-7-6-15(20)11-16(17)19(25)22-8-2-3-9-22/h6-7,11,14,21H,2-5,8-10,12-13H2,1H3/t14-/m1/s1. The van der Waals surface area contributed by atoms with Crippen LogP contribution in [-0.2, 0) is 4.79 Å². The lowest BCUT2D eigenvalue weighted by Gasteiger charge is -2.31. The van der Waals surface area contributed by atoms with E-state index >= 15 is 0 Å². The summed E-state index contributed by atoms with van der Waals surface area (Å²) in [6.45, 7) is 5.60. The number of halogens is 1. The molecule has 2 heterocycles. The number of piperidine rings is 1. The van der Waals surface area contributed by atoms with Crippen LogP contribution in [0.4, 0.5) is 5.69 Å². The molecule has 0 saturated carbocycles. The lowest BCUT2D eigenvalue weighted by molar-refractivity contribution is -0.130. The highest BCUT2D eigenvalue weighted by Crippen LogP contribution is 2.24. The Morgan fingerprint density at radius 1 is 1.16 bits per heavy atom. The highest BCUT2D eigenvalue weighted by atomic mass is 35.5. The van der Waals surface area contributed by atoms with Gasteiger partial charge in [-0.1, -0.05) is 18.5 Å². The van der Waals surface area contributed by atoms with E-state index in [-0.39, 0.29) is 18.4 Å². The summed E-state index contributed by atoms with van der Waals surface area (Å²) in [7, 11) is 0. The van der Waals surface area contributed by atoms with E-state index in [1.165, 1.54) is 6.42 Å². The quantitative estimate of drug-likeness (QED) is 0.893. The third kappa shape index (κ3) is 4.46. The zero-order chi connectivity index (χ0) is 17.8. The molecule has 25 heavy (non-hydrogen) atoms. The van der Waals surface area contributed by atoms with Crippen molar-refractivity contribution in [1.29, 1.82) is 0 Å². The first-order valence-electron chi connectivity index (χ1n) is 9.15. The van der Waals surface area contributed by atoms with Gasteiger partial charge in [-0.05, 0) is 49.8 Å². The minimum atomic E-state index is -0.0125. The molecular formula is C19H26ClN3O2. The van der Waals surface area contributed by atoms with E-state index in [1.54, 1.807) is 18.2 Å². The average molecular weight is 364 g/mol. The highest BCUT2D eigenvalue weighted by Gasteiger charge is 2.24. The van der Waals surface area contributed by atoms with Crippen LogP contribution < -0.4 is 5.32 Å². The van der Waals surface area contributed by atoms with E-state index in [2.05, 4.69) is 12.2 Å². The van der Waals surface area contributed by atoms with Crippen molar-refractivity contribution in [2.24, 2.45) is 5.92 Å². The fourth-order valence-corrected chi connectivity index (χ4v) is 3.81. The number of benzene rings is 1. The first-order chi connectivity index (χ1) is 12.0. The normalized spacial score (nSPS) is 20.6. The molecule has 1 N–H and O–H groups in total. The van der Waals surface area contributed by atoms with Crippen LogP contribution in [0.5, 0.6) is 0 Å². The molecule has 0 aliphatic carbocycles. The Bertz CT molecular complexity index is 644. The molecule has 1 aromatic carbocycles. The van der Waals surface area contributed by atoms with Crippen molar-refractivity contribution in [2.45, 2.75) is 32.6 Å². The van der Waals surface area contributed by atoms with Crippen LogP contribution >= 0.6 is 11.6 Å². The van der Waals surface area contributed by atoms with Gasteiger partial charge in [-0.25, -0.2) is 0 Å². The minimum absolute atomic E-state index is 0.0125. The summed E-state index contributed by atoms with van der Waals surface area (Å²) in [6, 6.07) is 5.23. The molecule has 0 spiro atoms. The summed E-state index contributed by atoms with van der Waals surface area (Å²) in [5, 5.41) is 3.69. The molecule has 0 aromatic heterocycles. The predicted octanol–water partition coefficient (Wildman–Crippen LogP) is 3.25. The predicted molar refractivity (Wildman–Crippen MR) is 100 cm³/mol. The second-order valence-electron chi connectivity index (χ2n) is 7.13. The van der Waals surface area contributed by atoms with Crippen molar-refractivity contribution >= 4 is 29.1 Å². The van der Waals surface area contributed by atoms with Crippen molar-refractivity contribution in [2.75, 3.05) is 38.0 Å². The molecule has 136 valence electrons. The molecule has 0 radical (unpaired) electrons. The molecule has 2 fully saturated rings. The van der Waals surface area contributed by atoms with Crippen molar-refractivity contribution in [3.63, 3.8) is 0 Å². The van der Waals surface area contributed by atoms with Gasteiger partial charge < -0.3 is 15.1 Å². The van der Waals surface area contributed by atoms with Gasteiger partial charge in [-0.2, -0.15) is 0 Å². The number of carbonyl (C=O) groups is 2. The van der Waals surface area contributed by atoms with Crippen LogP contribution in [0.1, 0.15) is 43.0 Å². The van der Waals surface area contributed by atoms with E-state index in [0.717, 1.165) is 45.4 Å². The summed E-state index contributed by atoms with van der Waals surface area (Å²) in [4.78, 5) is 29.0. The number of anilines is 1. The number of hydrogen-bond donors (Lipinski definition) is 1. The van der Waals surface area contributed by atoms with Crippen molar-refractivity contribution in [1.82, 2.24) is 9.80 Å². The summed E-state index contributed by atoms with van der Waals surface area (Å²) >= 11 is 6.09. The molecule has 2 aliphatic rings. The van der Waals surface area contributed by atoms with Gasteiger partial charge in [-0.3, -0.25) is 9.59 Å². The first-order valence-corrected chi connectivity index (χ1v) is 9.53. The van der Waals surface area contributed by atoms with Crippen LogP contribution in [0.25, 0.3) is 0 Å². The maximum Gasteiger partial charge on any atom is 0.256 e. The molecule has 2 amide bonds. The van der Waals surface area contributed by atoms with Crippen molar-refractivity contribution in [3.8, 4) is 0 Å².